The molecule has 4 rings (SSSR count). The summed E-state index contributed by atoms with van der Waals surface area (Å²) in [5, 5.41) is 2.92. The minimum Gasteiger partial charge on any atom is -0.322 e. The van der Waals surface area contributed by atoms with Crippen LogP contribution >= 0.6 is 11.8 Å². The second kappa shape index (κ2) is 10.7. The van der Waals surface area contributed by atoms with Gasteiger partial charge in [-0.05, 0) is 72.9 Å². The Morgan fingerprint density at radius 2 is 1.79 bits per heavy atom. The van der Waals surface area contributed by atoms with Gasteiger partial charge in [-0.1, -0.05) is 56.2 Å². The predicted molar refractivity (Wildman–Crippen MR) is 138 cm³/mol. The zero-order valence-corrected chi connectivity index (χ0v) is 20.0. The first-order chi connectivity index (χ1) is 16.0. The van der Waals surface area contributed by atoms with Crippen LogP contribution in [0.5, 0.6) is 0 Å². The molecule has 1 atom stereocenters. The van der Waals surface area contributed by atoms with Crippen LogP contribution in [0.1, 0.15) is 58.6 Å². The van der Waals surface area contributed by atoms with E-state index in [0.717, 1.165) is 28.9 Å². The molecule has 2 amide bonds. The van der Waals surface area contributed by atoms with E-state index >= 15 is 0 Å². The predicted octanol–water partition coefficient (Wildman–Crippen LogP) is 6.76. The molecule has 1 N–H and O–H groups in total. The fraction of sp³-hybridized carbons (Fsp3) is 0.286. The maximum absolute atomic E-state index is 12.7. The van der Waals surface area contributed by atoms with Gasteiger partial charge in [0.05, 0.1) is 5.75 Å². The first kappa shape index (κ1) is 23.1. The van der Waals surface area contributed by atoms with Crippen molar-refractivity contribution in [3.63, 3.8) is 0 Å². The SMILES string of the molecule is CCCCCc1ccc(C(=O)Nc2ccc(C3SCC(=O)N3c3cccc(C)c3)cc2)cc1. The van der Waals surface area contributed by atoms with Crippen LogP contribution < -0.4 is 10.2 Å². The monoisotopic (exact) mass is 458 g/mol. The summed E-state index contributed by atoms with van der Waals surface area (Å²) in [6.45, 7) is 4.23. The van der Waals surface area contributed by atoms with Crippen molar-refractivity contribution in [1.29, 1.82) is 0 Å². The molecule has 0 saturated carbocycles. The van der Waals surface area contributed by atoms with Crippen molar-refractivity contribution in [1.82, 2.24) is 0 Å². The van der Waals surface area contributed by atoms with Crippen molar-refractivity contribution in [2.45, 2.75) is 44.9 Å². The number of amides is 2. The Balaban J connectivity index is 1.41. The quantitative estimate of drug-likeness (QED) is 0.380. The molecule has 1 fully saturated rings. The van der Waals surface area contributed by atoms with Crippen LogP contribution in [0.4, 0.5) is 11.4 Å². The van der Waals surface area contributed by atoms with Gasteiger partial charge < -0.3 is 5.32 Å². The van der Waals surface area contributed by atoms with Gasteiger partial charge in [-0.15, -0.1) is 11.8 Å². The Labute approximate surface area is 200 Å². The normalized spacial score (nSPS) is 15.6. The number of nitrogens with zero attached hydrogens (tertiary/aromatic N) is 1. The average molecular weight is 459 g/mol. The summed E-state index contributed by atoms with van der Waals surface area (Å²) in [7, 11) is 0. The molecular weight excluding hydrogens is 428 g/mol. The summed E-state index contributed by atoms with van der Waals surface area (Å²) in [4.78, 5) is 27.1. The minimum atomic E-state index is -0.116. The van der Waals surface area contributed by atoms with Gasteiger partial charge in [-0.3, -0.25) is 14.5 Å². The molecule has 0 radical (unpaired) electrons. The van der Waals surface area contributed by atoms with E-state index in [0.29, 0.717) is 11.3 Å². The topological polar surface area (TPSA) is 49.4 Å². The standard InChI is InChI=1S/C28H30N2O2S/c1-3-4-5-8-21-10-12-22(13-11-21)27(32)29-24-16-14-23(15-17-24)28-30(26(31)19-33-28)25-9-6-7-20(2)18-25/h6-7,9-18,28H,3-5,8,19H2,1-2H3,(H,29,32). The van der Waals surface area contributed by atoms with Crippen LogP contribution in [-0.2, 0) is 11.2 Å². The van der Waals surface area contributed by atoms with Crippen LogP contribution in [0, 0.1) is 6.92 Å². The summed E-state index contributed by atoms with van der Waals surface area (Å²) < 4.78 is 0. The third kappa shape index (κ3) is 5.66. The first-order valence-corrected chi connectivity index (χ1v) is 12.6. The molecule has 5 heteroatoms. The van der Waals surface area contributed by atoms with E-state index in [1.54, 1.807) is 11.8 Å². The number of hydrogen-bond donors (Lipinski definition) is 1. The Hall–Kier alpha value is -3.05. The molecule has 1 unspecified atom stereocenters. The minimum absolute atomic E-state index is 0.0655. The third-order valence-corrected chi connectivity index (χ3v) is 7.10. The van der Waals surface area contributed by atoms with Crippen LogP contribution in [-0.4, -0.2) is 17.6 Å². The molecule has 3 aromatic rings. The van der Waals surface area contributed by atoms with Gasteiger partial charge in [0.1, 0.15) is 5.37 Å². The summed E-state index contributed by atoms with van der Waals surface area (Å²) in [6, 6.07) is 23.7. The second-order valence-electron chi connectivity index (χ2n) is 8.50. The molecule has 0 spiro atoms. The van der Waals surface area contributed by atoms with Crippen molar-refractivity contribution in [3.05, 3.63) is 95.1 Å². The Morgan fingerprint density at radius 3 is 2.48 bits per heavy atom. The first-order valence-electron chi connectivity index (χ1n) is 11.6. The average Bonchev–Trinajstić information content (AvgIpc) is 3.21. The van der Waals surface area contributed by atoms with Gasteiger partial charge in [0.25, 0.3) is 5.91 Å². The van der Waals surface area contributed by atoms with Crippen molar-refractivity contribution < 1.29 is 9.59 Å². The highest BCUT2D eigenvalue weighted by Gasteiger charge is 2.34. The molecule has 170 valence electrons. The highest BCUT2D eigenvalue weighted by molar-refractivity contribution is 8.00. The zero-order valence-electron chi connectivity index (χ0n) is 19.2. The van der Waals surface area contributed by atoms with Crippen LogP contribution in [0.15, 0.2) is 72.8 Å². The van der Waals surface area contributed by atoms with Crippen molar-refractivity contribution in [3.8, 4) is 0 Å². The van der Waals surface area contributed by atoms with Crippen LogP contribution in [0.25, 0.3) is 0 Å². The molecule has 1 aliphatic heterocycles. The van der Waals surface area contributed by atoms with Gasteiger partial charge in [0, 0.05) is 16.9 Å². The zero-order chi connectivity index (χ0) is 23.2. The number of carbonyl (C=O) groups is 2. The van der Waals surface area contributed by atoms with E-state index in [2.05, 4.69) is 12.2 Å². The van der Waals surface area contributed by atoms with Gasteiger partial charge in [0.2, 0.25) is 5.91 Å². The summed E-state index contributed by atoms with van der Waals surface area (Å²) in [5.74, 6) is 0.465. The highest BCUT2D eigenvalue weighted by atomic mass is 32.2. The maximum atomic E-state index is 12.7. The third-order valence-electron chi connectivity index (χ3n) is 5.89. The number of nitrogens with one attached hydrogen (secondary N) is 1. The molecular formula is C28H30N2O2S. The van der Waals surface area contributed by atoms with Gasteiger partial charge in [-0.25, -0.2) is 0 Å². The number of rotatable bonds is 8. The highest BCUT2D eigenvalue weighted by Crippen LogP contribution is 2.42. The lowest BCUT2D eigenvalue weighted by Gasteiger charge is -2.25. The largest absolute Gasteiger partial charge is 0.322 e. The van der Waals surface area contributed by atoms with E-state index in [-0.39, 0.29) is 17.2 Å². The van der Waals surface area contributed by atoms with Gasteiger partial charge >= 0.3 is 0 Å². The number of hydrogen-bond acceptors (Lipinski definition) is 3. The molecule has 3 aromatic carbocycles. The van der Waals surface area contributed by atoms with E-state index in [4.69, 9.17) is 0 Å². The molecule has 1 saturated heterocycles. The molecule has 0 aliphatic carbocycles. The van der Waals surface area contributed by atoms with E-state index in [1.165, 1.54) is 24.8 Å². The summed E-state index contributed by atoms with van der Waals surface area (Å²) in [6.07, 6.45) is 4.67. The Kier molecular flexibility index (Phi) is 7.50. The summed E-state index contributed by atoms with van der Waals surface area (Å²) >= 11 is 1.63. The number of benzene rings is 3. The van der Waals surface area contributed by atoms with Crippen LogP contribution in [0.3, 0.4) is 0 Å². The van der Waals surface area contributed by atoms with E-state index in [1.807, 2.05) is 84.6 Å². The second-order valence-corrected chi connectivity index (χ2v) is 9.56. The number of thioether (sulfide) groups is 1. The maximum Gasteiger partial charge on any atom is 0.255 e. The molecule has 1 aliphatic rings. The lowest BCUT2D eigenvalue weighted by molar-refractivity contribution is -0.115. The van der Waals surface area contributed by atoms with Gasteiger partial charge in [-0.2, -0.15) is 0 Å². The number of aryl methyl sites for hydroxylation is 2. The molecule has 33 heavy (non-hydrogen) atoms. The number of anilines is 2. The number of carbonyl (C=O) groups excluding carboxylic acids is 2. The van der Waals surface area contributed by atoms with E-state index < -0.39 is 0 Å². The smallest absolute Gasteiger partial charge is 0.255 e. The molecule has 0 bridgehead atoms. The van der Waals surface area contributed by atoms with Crippen LogP contribution in [0.2, 0.25) is 0 Å². The molecule has 0 aromatic heterocycles. The fourth-order valence-electron chi connectivity index (χ4n) is 4.06. The Morgan fingerprint density at radius 1 is 1.03 bits per heavy atom. The fourth-order valence-corrected chi connectivity index (χ4v) is 5.24. The van der Waals surface area contributed by atoms with Crippen molar-refractivity contribution in [2.24, 2.45) is 0 Å². The molecule has 4 nitrogen and oxygen atoms in total. The van der Waals surface area contributed by atoms with Crippen molar-refractivity contribution in [2.75, 3.05) is 16.0 Å². The number of unbranched alkanes of at least 4 members (excludes halogenated alkanes) is 2. The van der Waals surface area contributed by atoms with Gasteiger partial charge in [0.15, 0.2) is 0 Å². The lowest BCUT2D eigenvalue weighted by atomic mass is 10.1. The lowest BCUT2D eigenvalue weighted by Crippen LogP contribution is -2.27. The molecule has 1 heterocycles. The van der Waals surface area contributed by atoms with E-state index in [9.17, 15) is 9.59 Å². The summed E-state index contributed by atoms with van der Waals surface area (Å²) in [5.41, 5.74) is 5.76. The van der Waals surface area contributed by atoms with Crippen molar-refractivity contribution >= 4 is 35.0 Å². The Bertz CT molecular complexity index is 1110.